The molecule has 0 aliphatic carbocycles. The van der Waals surface area contributed by atoms with Crippen molar-refractivity contribution >= 4 is 50.2 Å². The van der Waals surface area contributed by atoms with Crippen LogP contribution in [0.25, 0.3) is 0 Å². The number of carbonyl (C=O) groups excluding carboxylic acids is 3. The summed E-state index contributed by atoms with van der Waals surface area (Å²) in [5.41, 5.74) is 4.89. The first-order valence-corrected chi connectivity index (χ1v) is 9.79. The Kier molecular flexibility index (Phi) is 8.80. The van der Waals surface area contributed by atoms with Crippen LogP contribution >= 0.6 is 11.3 Å². The van der Waals surface area contributed by atoms with Crippen LogP contribution in [0.2, 0.25) is 0 Å². The molecule has 3 amide bonds. The van der Waals surface area contributed by atoms with Crippen molar-refractivity contribution in [3.05, 3.63) is 11.1 Å². The normalized spacial score (nSPS) is 19.2. The van der Waals surface area contributed by atoms with Crippen LogP contribution in [0.4, 0.5) is 18.3 Å². The molecule has 2 heterocycles. The molecule has 0 bridgehead atoms. The Morgan fingerprint density at radius 3 is 2.52 bits per heavy atom. The maximum Gasteiger partial charge on any atom is 1.00 e. The zero-order valence-corrected chi connectivity index (χ0v) is 19.3. The van der Waals surface area contributed by atoms with E-state index in [9.17, 15) is 40.5 Å². The van der Waals surface area contributed by atoms with Crippen LogP contribution in [0.15, 0.2) is 10.5 Å². The molecule has 2 rings (SSSR count). The SMILES string of the molecule is CON=C(C(=O)N[C@H]1C(=O)N(S(=O)(=O)[O-])[C@H]1CNC(=O)C(F)(F)F)c1csc(N)n1.[Na+]. The van der Waals surface area contributed by atoms with Gasteiger partial charge >= 0.3 is 41.6 Å². The number of alkyl halides is 3. The van der Waals surface area contributed by atoms with Gasteiger partial charge in [0.2, 0.25) is 0 Å². The summed E-state index contributed by atoms with van der Waals surface area (Å²) in [5, 5.41) is 8.14. The zero-order chi connectivity index (χ0) is 22.9. The van der Waals surface area contributed by atoms with Crippen molar-refractivity contribution in [2.24, 2.45) is 5.16 Å². The minimum atomic E-state index is -5.43. The fourth-order valence-corrected chi connectivity index (χ4v) is 3.76. The van der Waals surface area contributed by atoms with Crippen molar-refractivity contribution in [1.29, 1.82) is 0 Å². The summed E-state index contributed by atoms with van der Waals surface area (Å²) in [5.74, 6) is -4.98. The first kappa shape index (κ1) is 27.0. The molecular weight excluding hydrogens is 484 g/mol. The van der Waals surface area contributed by atoms with Gasteiger partial charge in [-0.05, 0) is 0 Å². The molecule has 13 nitrogen and oxygen atoms in total. The van der Waals surface area contributed by atoms with Gasteiger partial charge in [0.15, 0.2) is 21.1 Å². The standard InChI is InChI=1S/C12H13F3N6O7S2.Na/c1-28-20-6(4-3-29-11(16)18-4)8(22)19-7-5(2-17-10(24)12(13,14)15)21(9(7)23)30(25,26)27;/h3,5,7H,2H2,1H3,(H2,16,18)(H,17,24)(H,19,22)(H,25,26,27);/q;+1/p-1/t5-,7+;/m0./s1. The summed E-state index contributed by atoms with van der Waals surface area (Å²) >= 11 is 0.934. The number of rotatable bonds is 7. The summed E-state index contributed by atoms with van der Waals surface area (Å²) < 4.78 is 70.3. The van der Waals surface area contributed by atoms with E-state index in [4.69, 9.17) is 5.73 Å². The molecule has 31 heavy (non-hydrogen) atoms. The van der Waals surface area contributed by atoms with Crippen molar-refractivity contribution in [3.8, 4) is 0 Å². The van der Waals surface area contributed by atoms with E-state index in [0.717, 1.165) is 18.4 Å². The molecule has 2 atom stereocenters. The second kappa shape index (κ2) is 10.1. The van der Waals surface area contributed by atoms with Crippen LogP contribution in [0, 0.1) is 0 Å². The van der Waals surface area contributed by atoms with Gasteiger partial charge in [-0.15, -0.1) is 11.3 Å². The predicted molar refractivity (Wildman–Crippen MR) is 91.4 cm³/mol. The van der Waals surface area contributed by atoms with Gasteiger partial charge in [-0.1, -0.05) is 5.16 Å². The number of hydrogen-bond acceptors (Lipinski definition) is 11. The van der Waals surface area contributed by atoms with Crippen LogP contribution < -0.4 is 45.9 Å². The van der Waals surface area contributed by atoms with Gasteiger partial charge in [0.1, 0.15) is 18.8 Å². The quantitative estimate of drug-likeness (QED) is 0.109. The molecule has 166 valence electrons. The molecule has 1 aromatic heterocycles. The number of halogens is 3. The number of carbonyl (C=O) groups is 3. The number of thiazole rings is 1. The van der Waals surface area contributed by atoms with Gasteiger partial charge < -0.3 is 25.8 Å². The monoisotopic (exact) mass is 496 g/mol. The third-order valence-corrected chi connectivity index (χ3v) is 5.19. The molecule has 1 aromatic rings. The number of nitrogen functional groups attached to an aromatic ring is 1. The number of oxime groups is 1. The van der Waals surface area contributed by atoms with Crippen LogP contribution in [-0.4, -0.2) is 77.6 Å². The topological polar surface area (TPSA) is 196 Å². The molecule has 0 spiro atoms. The molecule has 0 aromatic carbocycles. The van der Waals surface area contributed by atoms with Gasteiger partial charge in [0.25, 0.3) is 11.8 Å². The number of hydrogen-bond donors (Lipinski definition) is 3. The molecule has 0 unspecified atom stereocenters. The smallest absolute Gasteiger partial charge is 0.731 e. The number of anilines is 1. The van der Waals surface area contributed by atoms with Gasteiger partial charge in [0.05, 0.1) is 6.04 Å². The predicted octanol–water partition coefficient (Wildman–Crippen LogP) is -5.09. The maximum absolute atomic E-state index is 12.4. The van der Waals surface area contributed by atoms with Crippen molar-refractivity contribution in [1.82, 2.24) is 19.9 Å². The molecule has 19 heteroatoms. The Balaban J connectivity index is 0.00000480. The first-order chi connectivity index (χ1) is 13.8. The third-order valence-electron chi connectivity index (χ3n) is 3.59. The van der Waals surface area contributed by atoms with E-state index in [2.05, 4.69) is 15.0 Å². The summed E-state index contributed by atoms with van der Waals surface area (Å²) in [6.45, 7) is -1.09. The molecule has 1 aliphatic rings. The van der Waals surface area contributed by atoms with Gasteiger partial charge in [-0.2, -0.15) is 13.2 Å². The van der Waals surface area contributed by atoms with Crippen LogP contribution in [0.5, 0.6) is 0 Å². The second-order valence-electron chi connectivity index (χ2n) is 5.51. The Bertz CT molecular complexity index is 999. The Morgan fingerprint density at radius 2 is 2.06 bits per heavy atom. The first-order valence-electron chi connectivity index (χ1n) is 7.55. The van der Waals surface area contributed by atoms with Crippen molar-refractivity contribution in [3.63, 3.8) is 0 Å². The molecule has 0 radical (unpaired) electrons. The van der Waals surface area contributed by atoms with E-state index in [1.807, 2.05) is 5.32 Å². The summed E-state index contributed by atoms with van der Waals surface area (Å²) in [6.07, 6.45) is -5.30. The number of nitrogens with one attached hydrogen (secondary N) is 2. The Hall–Kier alpha value is -1.99. The molecule has 0 saturated carbocycles. The summed E-state index contributed by atoms with van der Waals surface area (Å²) in [4.78, 5) is 43.7. The average Bonchev–Trinajstić information content (AvgIpc) is 3.04. The molecule has 1 fully saturated rings. The fourth-order valence-electron chi connectivity index (χ4n) is 2.35. The van der Waals surface area contributed by atoms with E-state index in [-0.39, 0.29) is 44.7 Å². The third kappa shape index (κ3) is 6.26. The van der Waals surface area contributed by atoms with Gasteiger partial charge in [-0.25, -0.2) is 17.7 Å². The molecular formula is C12H12F3N6NaO7S2. The van der Waals surface area contributed by atoms with Crippen LogP contribution in [0.3, 0.4) is 0 Å². The molecule has 1 saturated heterocycles. The largest absolute Gasteiger partial charge is 1.00 e. The van der Waals surface area contributed by atoms with E-state index in [1.165, 1.54) is 10.7 Å². The Labute approximate surface area is 198 Å². The van der Waals surface area contributed by atoms with Crippen molar-refractivity contribution < 1.29 is 74.9 Å². The summed E-state index contributed by atoms with van der Waals surface area (Å²) in [6, 6.07) is -3.56. The van der Waals surface area contributed by atoms with Gasteiger partial charge in [0, 0.05) is 11.9 Å². The molecule has 4 N–H and O–H groups in total. The zero-order valence-electron chi connectivity index (χ0n) is 15.7. The summed E-state index contributed by atoms with van der Waals surface area (Å²) in [7, 11) is -4.35. The minimum absolute atomic E-state index is 0. The maximum atomic E-state index is 12.4. The average molecular weight is 496 g/mol. The van der Waals surface area contributed by atoms with Crippen LogP contribution in [-0.2, 0) is 29.5 Å². The molecule has 1 aliphatic heterocycles. The number of aromatic nitrogens is 1. The number of amides is 3. The minimum Gasteiger partial charge on any atom is -0.731 e. The van der Waals surface area contributed by atoms with E-state index >= 15 is 0 Å². The van der Waals surface area contributed by atoms with Crippen LogP contribution in [0.1, 0.15) is 5.69 Å². The second-order valence-corrected chi connectivity index (χ2v) is 7.65. The number of nitrogens with zero attached hydrogens (tertiary/aromatic N) is 3. The van der Waals surface area contributed by atoms with Crippen molar-refractivity contribution in [2.45, 2.75) is 18.3 Å². The van der Waals surface area contributed by atoms with Crippen molar-refractivity contribution in [2.75, 3.05) is 19.4 Å². The fraction of sp³-hybridized carbons (Fsp3) is 0.417. The van der Waals surface area contributed by atoms with E-state index in [0.29, 0.717) is 0 Å². The Morgan fingerprint density at radius 1 is 1.45 bits per heavy atom. The van der Waals surface area contributed by atoms with E-state index < -0.39 is 58.5 Å². The number of nitrogens with two attached hydrogens (primary N) is 1. The van der Waals surface area contributed by atoms with Gasteiger partial charge in [-0.3, -0.25) is 14.4 Å². The van der Waals surface area contributed by atoms with E-state index in [1.54, 1.807) is 0 Å². The number of β-lactam (4-membered cyclic amide) rings is 1.